The van der Waals surface area contributed by atoms with Crippen LogP contribution in [0.4, 0.5) is 5.69 Å². The van der Waals surface area contributed by atoms with E-state index in [4.69, 9.17) is 26.3 Å². The van der Waals surface area contributed by atoms with Crippen molar-refractivity contribution < 1.29 is 23.9 Å². The first-order valence-electron chi connectivity index (χ1n) is 10.6. The van der Waals surface area contributed by atoms with E-state index in [0.29, 0.717) is 22.0 Å². The third-order valence-electron chi connectivity index (χ3n) is 4.87. The average Bonchev–Trinajstić information content (AvgIpc) is 2.88. The molecule has 2 N–H and O–H groups in total. The molecular formula is C26H21ClN4O5. The molecule has 3 aromatic rings. The van der Waals surface area contributed by atoms with Gasteiger partial charge in [-0.05, 0) is 61.0 Å². The molecule has 0 aliphatic carbocycles. The van der Waals surface area contributed by atoms with Gasteiger partial charge < -0.3 is 14.8 Å². The summed E-state index contributed by atoms with van der Waals surface area (Å²) in [6.45, 7) is 1.62. The van der Waals surface area contributed by atoms with E-state index in [1.165, 1.54) is 19.2 Å². The molecule has 0 fully saturated rings. The Bertz CT molecular complexity index is 1360. The molecule has 2 amide bonds. The second kappa shape index (κ2) is 12.1. The summed E-state index contributed by atoms with van der Waals surface area (Å²) >= 11 is 5.92. The molecule has 0 aliphatic heterocycles. The van der Waals surface area contributed by atoms with Crippen LogP contribution in [0.25, 0.3) is 0 Å². The van der Waals surface area contributed by atoms with Gasteiger partial charge in [0.15, 0.2) is 11.5 Å². The average molecular weight is 505 g/mol. The van der Waals surface area contributed by atoms with Crippen LogP contribution in [0.5, 0.6) is 11.5 Å². The number of carbonyl (C=O) groups excluding carboxylic acids is 3. The Morgan fingerprint density at radius 2 is 1.72 bits per heavy atom. The van der Waals surface area contributed by atoms with E-state index >= 15 is 0 Å². The molecule has 3 aromatic carbocycles. The van der Waals surface area contributed by atoms with Crippen LogP contribution in [0.2, 0.25) is 5.02 Å². The van der Waals surface area contributed by atoms with Gasteiger partial charge >= 0.3 is 17.8 Å². The fourth-order valence-corrected chi connectivity index (χ4v) is 3.18. The third kappa shape index (κ3) is 6.91. The molecule has 0 atom stereocenters. The molecule has 36 heavy (non-hydrogen) atoms. The lowest BCUT2D eigenvalue weighted by Crippen LogP contribution is -2.32. The van der Waals surface area contributed by atoms with Gasteiger partial charge in [0.1, 0.15) is 0 Å². The van der Waals surface area contributed by atoms with Crippen LogP contribution in [0.1, 0.15) is 28.4 Å². The molecular weight excluding hydrogens is 484 g/mol. The number of hydrogen-bond acceptors (Lipinski definition) is 7. The first kappa shape index (κ1) is 25.9. The number of benzene rings is 3. The van der Waals surface area contributed by atoms with Crippen molar-refractivity contribution in [1.82, 2.24) is 5.43 Å². The van der Waals surface area contributed by atoms with Crippen LogP contribution in [0.15, 0.2) is 71.8 Å². The highest BCUT2D eigenvalue weighted by molar-refractivity contribution is 6.39. The van der Waals surface area contributed by atoms with Gasteiger partial charge in [-0.15, -0.1) is 0 Å². The summed E-state index contributed by atoms with van der Waals surface area (Å²) in [6.07, 6.45) is 0.249. The number of nitriles is 1. The van der Waals surface area contributed by atoms with E-state index in [9.17, 15) is 14.4 Å². The van der Waals surface area contributed by atoms with E-state index in [2.05, 4.69) is 15.8 Å². The smallest absolute Gasteiger partial charge is 0.343 e. The molecule has 182 valence electrons. The van der Waals surface area contributed by atoms with E-state index in [1.54, 1.807) is 61.5 Å². The molecule has 3 rings (SSSR count). The molecule has 9 nitrogen and oxygen atoms in total. The van der Waals surface area contributed by atoms with E-state index in [0.717, 1.165) is 5.56 Å². The predicted molar refractivity (Wildman–Crippen MR) is 134 cm³/mol. The van der Waals surface area contributed by atoms with Gasteiger partial charge in [0.25, 0.3) is 0 Å². The van der Waals surface area contributed by atoms with Crippen LogP contribution in [-0.4, -0.2) is 30.6 Å². The van der Waals surface area contributed by atoms with Gasteiger partial charge in [-0.1, -0.05) is 29.8 Å². The topological polar surface area (TPSA) is 130 Å². The molecule has 0 saturated carbocycles. The molecule has 10 heteroatoms. The highest BCUT2D eigenvalue weighted by Gasteiger charge is 2.16. The Morgan fingerprint density at radius 1 is 0.972 bits per heavy atom. The lowest BCUT2D eigenvalue weighted by atomic mass is 10.1. The minimum Gasteiger partial charge on any atom is -0.493 e. The second-order valence-corrected chi connectivity index (χ2v) is 7.83. The van der Waals surface area contributed by atoms with Crippen molar-refractivity contribution in [2.75, 3.05) is 12.4 Å². The van der Waals surface area contributed by atoms with Crippen molar-refractivity contribution in [2.45, 2.75) is 13.3 Å². The molecule has 0 bridgehead atoms. The van der Waals surface area contributed by atoms with Gasteiger partial charge in [0.2, 0.25) is 0 Å². The molecule has 0 aromatic heterocycles. The lowest BCUT2D eigenvalue weighted by molar-refractivity contribution is -0.136. The highest BCUT2D eigenvalue weighted by Crippen LogP contribution is 2.29. The number of methoxy groups -OCH3 is 1. The van der Waals surface area contributed by atoms with Crippen LogP contribution < -0.4 is 20.2 Å². The first-order chi connectivity index (χ1) is 17.3. The number of anilines is 1. The maximum Gasteiger partial charge on any atom is 0.343 e. The quantitative estimate of drug-likeness (QED) is 0.164. The standard InChI is InChI=1S/C26H21ClN4O5/c1-16(30-31-25(33)24(32)29-21-9-6-17(7-10-21)12-13-28)18-8-11-22(23(15-18)35-2)36-26(34)19-4-3-5-20(27)14-19/h3-11,14-15H,12H2,1-2H3,(H,29,32)(H,31,33)/b30-16+. The highest BCUT2D eigenvalue weighted by atomic mass is 35.5. The number of carbonyl (C=O) groups is 3. The van der Waals surface area contributed by atoms with Crippen molar-refractivity contribution in [2.24, 2.45) is 5.10 Å². The number of nitrogens with one attached hydrogen (secondary N) is 2. The van der Waals surface area contributed by atoms with Crippen LogP contribution in [-0.2, 0) is 16.0 Å². The van der Waals surface area contributed by atoms with Crippen LogP contribution in [0, 0.1) is 11.3 Å². The number of ether oxygens (including phenoxy) is 2. The van der Waals surface area contributed by atoms with Gasteiger partial charge in [0.05, 0.1) is 30.9 Å². The zero-order chi connectivity index (χ0) is 26.1. The molecule has 0 radical (unpaired) electrons. The summed E-state index contributed by atoms with van der Waals surface area (Å²) < 4.78 is 10.7. The maximum atomic E-state index is 12.4. The SMILES string of the molecule is COc1cc(/C(C)=N/NC(=O)C(=O)Nc2ccc(CC#N)cc2)ccc1OC(=O)c1cccc(Cl)c1. The van der Waals surface area contributed by atoms with Crippen molar-refractivity contribution in [3.8, 4) is 17.6 Å². The normalized spacial score (nSPS) is 10.7. The Morgan fingerprint density at radius 3 is 2.39 bits per heavy atom. The van der Waals surface area contributed by atoms with Crippen molar-refractivity contribution >= 4 is 40.8 Å². The van der Waals surface area contributed by atoms with E-state index in [-0.39, 0.29) is 23.5 Å². The second-order valence-electron chi connectivity index (χ2n) is 7.39. The Kier molecular flexibility index (Phi) is 8.75. The van der Waals surface area contributed by atoms with Crippen LogP contribution in [0.3, 0.4) is 0 Å². The third-order valence-corrected chi connectivity index (χ3v) is 5.11. The Labute approximate surface area is 212 Å². The lowest BCUT2D eigenvalue weighted by Gasteiger charge is -2.11. The van der Waals surface area contributed by atoms with Crippen molar-refractivity contribution in [3.05, 3.63) is 88.4 Å². The Balaban J connectivity index is 1.64. The zero-order valence-corrected chi connectivity index (χ0v) is 20.1. The predicted octanol–water partition coefficient (Wildman–Crippen LogP) is 4.11. The molecule has 0 unspecified atom stereocenters. The summed E-state index contributed by atoms with van der Waals surface area (Å²) in [5.41, 5.74) is 4.62. The number of halogens is 1. The number of hydrazone groups is 1. The van der Waals surface area contributed by atoms with Crippen molar-refractivity contribution in [1.29, 1.82) is 5.26 Å². The van der Waals surface area contributed by atoms with Gasteiger partial charge in [0, 0.05) is 16.3 Å². The fourth-order valence-electron chi connectivity index (χ4n) is 2.99. The minimum absolute atomic E-state index is 0.184. The van der Waals surface area contributed by atoms with Gasteiger partial charge in [-0.25, -0.2) is 10.2 Å². The largest absolute Gasteiger partial charge is 0.493 e. The summed E-state index contributed by atoms with van der Waals surface area (Å²) in [7, 11) is 1.42. The summed E-state index contributed by atoms with van der Waals surface area (Å²) in [4.78, 5) is 36.7. The van der Waals surface area contributed by atoms with E-state index in [1.807, 2.05) is 6.07 Å². The van der Waals surface area contributed by atoms with E-state index < -0.39 is 17.8 Å². The van der Waals surface area contributed by atoms with Gasteiger partial charge in [-0.3, -0.25) is 9.59 Å². The first-order valence-corrected chi connectivity index (χ1v) is 11.0. The van der Waals surface area contributed by atoms with Crippen molar-refractivity contribution in [3.63, 3.8) is 0 Å². The van der Waals surface area contributed by atoms with Gasteiger partial charge in [-0.2, -0.15) is 10.4 Å². The summed E-state index contributed by atoms with van der Waals surface area (Å²) in [5, 5.41) is 15.5. The number of nitrogens with zero attached hydrogens (tertiary/aromatic N) is 2. The molecule has 0 aliphatic rings. The zero-order valence-electron chi connectivity index (χ0n) is 19.4. The summed E-state index contributed by atoms with van der Waals surface area (Å²) in [5.74, 6) is -2.02. The number of hydrogen-bond donors (Lipinski definition) is 2. The fraction of sp³-hybridized carbons (Fsp3) is 0.115. The number of esters is 1. The molecule has 0 heterocycles. The number of amides is 2. The molecule has 0 spiro atoms. The minimum atomic E-state index is -0.963. The maximum absolute atomic E-state index is 12.4. The number of rotatable bonds is 7. The summed E-state index contributed by atoms with van der Waals surface area (Å²) in [6, 6.07) is 19.7. The Hall–Kier alpha value is -4.68. The van der Waals surface area contributed by atoms with Crippen LogP contribution >= 0.6 is 11.6 Å². The monoisotopic (exact) mass is 504 g/mol. The molecule has 0 saturated heterocycles.